The molecule has 132 valence electrons. The monoisotopic (exact) mass is 374 g/mol. The van der Waals surface area contributed by atoms with E-state index in [0.717, 1.165) is 23.5 Å². The maximum absolute atomic E-state index is 13.8. The molecule has 2 aromatic carbocycles. The number of anilines is 1. The van der Waals surface area contributed by atoms with E-state index in [9.17, 15) is 18.4 Å². The molecule has 0 fully saturated rings. The average Bonchev–Trinajstić information content (AvgIpc) is 3.09. The minimum atomic E-state index is -0.730. The quantitative estimate of drug-likeness (QED) is 0.698. The van der Waals surface area contributed by atoms with Crippen molar-refractivity contribution < 1.29 is 23.1 Å². The van der Waals surface area contributed by atoms with Crippen LogP contribution in [0.25, 0.3) is 11.3 Å². The SMILES string of the molecule is COC(=O)c1ccc(C(=O)Nc2nc(-c3ccc(F)cc3F)cs2)cc1. The summed E-state index contributed by atoms with van der Waals surface area (Å²) in [6.45, 7) is 0. The Kier molecular flexibility index (Phi) is 5.04. The molecule has 0 bridgehead atoms. The number of halogens is 2. The molecule has 5 nitrogen and oxygen atoms in total. The van der Waals surface area contributed by atoms with Gasteiger partial charge in [-0.3, -0.25) is 10.1 Å². The number of esters is 1. The predicted octanol–water partition coefficient (Wildman–Crippen LogP) is 4.13. The van der Waals surface area contributed by atoms with Crippen LogP contribution in [-0.4, -0.2) is 24.0 Å². The summed E-state index contributed by atoms with van der Waals surface area (Å²) >= 11 is 1.11. The van der Waals surface area contributed by atoms with Crippen LogP contribution in [0.3, 0.4) is 0 Å². The van der Waals surface area contributed by atoms with Gasteiger partial charge in [-0.1, -0.05) is 0 Å². The summed E-state index contributed by atoms with van der Waals surface area (Å²) in [5.41, 5.74) is 1.09. The number of carbonyl (C=O) groups is 2. The van der Waals surface area contributed by atoms with Crippen molar-refractivity contribution in [1.82, 2.24) is 4.98 Å². The molecule has 0 atom stereocenters. The van der Waals surface area contributed by atoms with Gasteiger partial charge < -0.3 is 4.74 Å². The van der Waals surface area contributed by atoms with Crippen LogP contribution in [0, 0.1) is 11.6 Å². The molecule has 0 radical (unpaired) electrons. The number of hydrogen-bond donors (Lipinski definition) is 1. The molecule has 3 rings (SSSR count). The van der Waals surface area contributed by atoms with Gasteiger partial charge in [-0.15, -0.1) is 11.3 Å². The number of benzene rings is 2. The van der Waals surface area contributed by atoms with Gasteiger partial charge in [-0.05, 0) is 36.4 Å². The first-order valence-electron chi connectivity index (χ1n) is 7.38. The van der Waals surface area contributed by atoms with E-state index in [2.05, 4.69) is 15.0 Å². The molecule has 0 spiro atoms. The Morgan fingerprint density at radius 3 is 2.42 bits per heavy atom. The molecule has 0 aliphatic rings. The normalized spacial score (nSPS) is 10.4. The van der Waals surface area contributed by atoms with Crippen molar-refractivity contribution in [2.75, 3.05) is 12.4 Å². The first-order chi connectivity index (χ1) is 12.5. The fraction of sp³-hybridized carbons (Fsp3) is 0.0556. The van der Waals surface area contributed by atoms with E-state index >= 15 is 0 Å². The third-order valence-corrected chi connectivity index (χ3v) is 4.26. The summed E-state index contributed by atoms with van der Waals surface area (Å²) in [4.78, 5) is 27.8. The second-order valence-corrected chi connectivity index (χ2v) is 6.04. The van der Waals surface area contributed by atoms with E-state index < -0.39 is 23.5 Å². The zero-order valence-corrected chi connectivity index (χ0v) is 14.3. The van der Waals surface area contributed by atoms with Crippen LogP contribution >= 0.6 is 11.3 Å². The Labute approximate surface area is 151 Å². The number of methoxy groups -OCH3 is 1. The zero-order valence-electron chi connectivity index (χ0n) is 13.5. The van der Waals surface area contributed by atoms with Crippen molar-refractivity contribution in [2.24, 2.45) is 0 Å². The number of hydrogen-bond acceptors (Lipinski definition) is 5. The standard InChI is InChI=1S/C18H12F2N2O3S/c1-25-17(24)11-4-2-10(3-5-11)16(23)22-18-21-15(9-26-18)13-7-6-12(19)8-14(13)20/h2-9H,1H3,(H,21,22,23). The Morgan fingerprint density at radius 1 is 1.08 bits per heavy atom. The molecule has 0 aliphatic heterocycles. The summed E-state index contributed by atoms with van der Waals surface area (Å²) in [7, 11) is 1.27. The van der Waals surface area contributed by atoms with E-state index in [0.29, 0.717) is 16.8 Å². The fourth-order valence-corrected chi connectivity index (χ4v) is 2.90. The van der Waals surface area contributed by atoms with Crippen molar-refractivity contribution in [1.29, 1.82) is 0 Å². The summed E-state index contributed by atoms with van der Waals surface area (Å²) in [5.74, 6) is -2.33. The third-order valence-electron chi connectivity index (χ3n) is 3.50. The van der Waals surface area contributed by atoms with Crippen LogP contribution < -0.4 is 5.32 Å². The van der Waals surface area contributed by atoms with E-state index in [1.165, 1.54) is 37.4 Å². The van der Waals surface area contributed by atoms with E-state index in [-0.39, 0.29) is 10.7 Å². The Balaban J connectivity index is 1.74. The molecule has 1 amide bonds. The van der Waals surface area contributed by atoms with Crippen molar-refractivity contribution in [3.05, 3.63) is 70.6 Å². The summed E-state index contributed by atoms with van der Waals surface area (Å²) in [6.07, 6.45) is 0. The van der Waals surface area contributed by atoms with Crippen molar-refractivity contribution in [3.8, 4) is 11.3 Å². The van der Waals surface area contributed by atoms with Gasteiger partial charge in [0.15, 0.2) is 5.13 Å². The second kappa shape index (κ2) is 7.40. The molecular formula is C18H12F2N2O3S. The van der Waals surface area contributed by atoms with Gasteiger partial charge in [0.2, 0.25) is 0 Å². The minimum absolute atomic E-state index is 0.144. The molecule has 0 unspecified atom stereocenters. The Bertz CT molecular complexity index is 971. The lowest BCUT2D eigenvalue weighted by molar-refractivity contribution is 0.0600. The summed E-state index contributed by atoms with van der Waals surface area (Å²) < 4.78 is 31.4. The largest absolute Gasteiger partial charge is 0.465 e. The van der Waals surface area contributed by atoms with Crippen LogP contribution in [0.1, 0.15) is 20.7 Å². The van der Waals surface area contributed by atoms with Crippen LogP contribution in [0.2, 0.25) is 0 Å². The van der Waals surface area contributed by atoms with Crippen LogP contribution in [-0.2, 0) is 4.74 Å². The summed E-state index contributed by atoms with van der Waals surface area (Å²) in [5, 5.41) is 4.43. The van der Waals surface area contributed by atoms with Crippen LogP contribution in [0.15, 0.2) is 47.8 Å². The lowest BCUT2D eigenvalue weighted by Crippen LogP contribution is -2.12. The van der Waals surface area contributed by atoms with Crippen molar-refractivity contribution in [2.45, 2.75) is 0 Å². The number of thiazole rings is 1. The van der Waals surface area contributed by atoms with Gasteiger partial charge in [0.05, 0.1) is 18.4 Å². The fourth-order valence-electron chi connectivity index (χ4n) is 2.20. The molecule has 8 heteroatoms. The maximum atomic E-state index is 13.8. The molecule has 3 aromatic rings. The highest BCUT2D eigenvalue weighted by molar-refractivity contribution is 7.14. The van der Waals surface area contributed by atoms with E-state index in [1.807, 2.05) is 0 Å². The first kappa shape index (κ1) is 17.7. The molecule has 1 N–H and O–H groups in total. The molecular weight excluding hydrogens is 362 g/mol. The van der Waals surface area contributed by atoms with Gasteiger partial charge in [0.1, 0.15) is 11.6 Å². The smallest absolute Gasteiger partial charge is 0.337 e. The number of rotatable bonds is 4. The molecule has 26 heavy (non-hydrogen) atoms. The number of nitrogens with zero attached hydrogens (tertiary/aromatic N) is 1. The van der Waals surface area contributed by atoms with Crippen molar-refractivity contribution >= 4 is 28.3 Å². The number of nitrogens with one attached hydrogen (secondary N) is 1. The Morgan fingerprint density at radius 2 is 1.77 bits per heavy atom. The van der Waals surface area contributed by atoms with Gasteiger partial charge >= 0.3 is 5.97 Å². The first-order valence-corrected chi connectivity index (χ1v) is 8.26. The van der Waals surface area contributed by atoms with Gasteiger partial charge in [0.25, 0.3) is 5.91 Å². The number of ether oxygens (including phenoxy) is 1. The van der Waals surface area contributed by atoms with Gasteiger partial charge in [-0.25, -0.2) is 18.6 Å². The summed E-state index contributed by atoms with van der Waals surface area (Å²) in [6, 6.07) is 9.11. The topological polar surface area (TPSA) is 68.3 Å². The van der Waals surface area contributed by atoms with Crippen LogP contribution in [0.4, 0.5) is 13.9 Å². The van der Waals surface area contributed by atoms with Crippen molar-refractivity contribution in [3.63, 3.8) is 0 Å². The Hall–Kier alpha value is -3.13. The highest BCUT2D eigenvalue weighted by Gasteiger charge is 2.13. The van der Waals surface area contributed by atoms with Crippen LogP contribution in [0.5, 0.6) is 0 Å². The maximum Gasteiger partial charge on any atom is 0.337 e. The zero-order chi connectivity index (χ0) is 18.7. The minimum Gasteiger partial charge on any atom is -0.465 e. The highest BCUT2D eigenvalue weighted by atomic mass is 32.1. The average molecular weight is 374 g/mol. The van der Waals surface area contributed by atoms with E-state index in [4.69, 9.17) is 0 Å². The number of carbonyl (C=O) groups excluding carboxylic acids is 2. The lowest BCUT2D eigenvalue weighted by Gasteiger charge is -2.03. The number of amides is 1. The molecule has 1 aromatic heterocycles. The lowest BCUT2D eigenvalue weighted by atomic mass is 10.1. The van der Waals surface area contributed by atoms with Gasteiger partial charge in [0, 0.05) is 22.6 Å². The number of aromatic nitrogens is 1. The third kappa shape index (κ3) is 3.75. The molecule has 0 aliphatic carbocycles. The van der Waals surface area contributed by atoms with Gasteiger partial charge in [-0.2, -0.15) is 0 Å². The second-order valence-electron chi connectivity index (χ2n) is 5.19. The molecule has 0 saturated carbocycles. The predicted molar refractivity (Wildman–Crippen MR) is 93.2 cm³/mol. The molecule has 0 saturated heterocycles. The van der Waals surface area contributed by atoms with E-state index in [1.54, 1.807) is 5.38 Å². The molecule has 1 heterocycles. The highest BCUT2D eigenvalue weighted by Crippen LogP contribution is 2.27.